The normalized spacial score (nSPS) is 17.2. The van der Waals surface area contributed by atoms with Gasteiger partial charge in [-0.3, -0.25) is 0 Å². The Labute approximate surface area is 119 Å². The summed E-state index contributed by atoms with van der Waals surface area (Å²) in [7, 11) is 0. The lowest BCUT2D eigenvalue weighted by Crippen LogP contribution is -2.24. The molecular weight excluding hydrogens is 250 g/mol. The molecule has 0 radical (unpaired) electrons. The number of para-hydroxylation sites is 1. The molecule has 1 aliphatic rings. The van der Waals surface area contributed by atoms with Gasteiger partial charge < -0.3 is 14.6 Å². The second-order valence-corrected chi connectivity index (χ2v) is 5.58. The summed E-state index contributed by atoms with van der Waals surface area (Å²) < 4.78 is 7.98. The fourth-order valence-corrected chi connectivity index (χ4v) is 2.59. The Morgan fingerprint density at radius 1 is 1.40 bits per heavy atom. The lowest BCUT2D eigenvalue weighted by molar-refractivity contribution is 0.317. The zero-order valence-electron chi connectivity index (χ0n) is 12.0. The van der Waals surface area contributed by atoms with Crippen molar-refractivity contribution in [3.8, 4) is 5.75 Å². The van der Waals surface area contributed by atoms with E-state index >= 15 is 0 Å². The van der Waals surface area contributed by atoms with E-state index in [1.807, 2.05) is 18.3 Å². The number of nitrogens with zero attached hydrogens (tertiary/aromatic N) is 2. The molecule has 1 aliphatic heterocycles. The Kier molecular flexibility index (Phi) is 3.74. The van der Waals surface area contributed by atoms with Gasteiger partial charge in [0.15, 0.2) is 0 Å². The first-order valence-corrected chi connectivity index (χ1v) is 7.19. The molecule has 2 aromatic rings. The van der Waals surface area contributed by atoms with Gasteiger partial charge in [-0.1, -0.05) is 32.0 Å². The van der Waals surface area contributed by atoms with E-state index in [0.29, 0.717) is 12.0 Å². The molecule has 0 amide bonds. The van der Waals surface area contributed by atoms with E-state index in [-0.39, 0.29) is 0 Å². The second-order valence-electron chi connectivity index (χ2n) is 5.58. The third kappa shape index (κ3) is 2.70. The molecule has 20 heavy (non-hydrogen) atoms. The smallest absolute Gasteiger partial charge is 0.122 e. The van der Waals surface area contributed by atoms with E-state index in [0.717, 1.165) is 31.3 Å². The molecule has 0 bridgehead atoms. The van der Waals surface area contributed by atoms with Crippen LogP contribution in [0.3, 0.4) is 0 Å². The van der Waals surface area contributed by atoms with Crippen molar-refractivity contribution in [3.05, 3.63) is 48.0 Å². The second kappa shape index (κ2) is 5.67. The lowest BCUT2D eigenvalue weighted by Gasteiger charge is -2.14. The van der Waals surface area contributed by atoms with Crippen LogP contribution in [0.1, 0.15) is 31.2 Å². The maximum atomic E-state index is 5.75. The minimum atomic E-state index is 0.415. The van der Waals surface area contributed by atoms with E-state index in [2.05, 4.69) is 47.0 Å². The van der Waals surface area contributed by atoms with Crippen LogP contribution in [-0.2, 0) is 13.1 Å². The molecule has 0 saturated heterocycles. The maximum absolute atomic E-state index is 5.75. The molecule has 0 saturated carbocycles. The Bertz CT molecular complexity index is 577. The molecule has 0 aliphatic carbocycles. The maximum Gasteiger partial charge on any atom is 0.122 e. The van der Waals surface area contributed by atoms with Crippen LogP contribution in [0, 0.1) is 0 Å². The minimum Gasteiger partial charge on any atom is -0.493 e. The van der Waals surface area contributed by atoms with Gasteiger partial charge in [-0.25, -0.2) is 4.98 Å². The SMILES string of the molecule is CC(C)NCc1nccn1CC1COc2ccccc21. The first kappa shape index (κ1) is 13.2. The van der Waals surface area contributed by atoms with Crippen LogP contribution in [0.4, 0.5) is 0 Å². The summed E-state index contributed by atoms with van der Waals surface area (Å²) in [4.78, 5) is 4.45. The first-order chi connectivity index (χ1) is 9.74. The van der Waals surface area contributed by atoms with Crippen LogP contribution < -0.4 is 10.1 Å². The van der Waals surface area contributed by atoms with Crippen LogP contribution in [-0.4, -0.2) is 22.2 Å². The van der Waals surface area contributed by atoms with Gasteiger partial charge in [0, 0.05) is 36.5 Å². The Morgan fingerprint density at radius 2 is 2.25 bits per heavy atom. The van der Waals surface area contributed by atoms with Gasteiger partial charge in [-0.15, -0.1) is 0 Å². The zero-order valence-corrected chi connectivity index (χ0v) is 12.0. The predicted octanol–water partition coefficient (Wildman–Crippen LogP) is 2.56. The molecule has 0 spiro atoms. The topological polar surface area (TPSA) is 39.1 Å². The highest BCUT2D eigenvalue weighted by atomic mass is 16.5. The predicted molar refractivity (Wildman–Crippen MR) is 78.9 cm³/mol. The van der Waals surface area contributed by atoms with Crippen LogP contribution in [0.15, 0.2) is 36.7 Å². The van der Waals surface area contributed by atoms with Crippen molar-refractivity contribution in [3.63, 3.8) is 0 Å². The molecule has 1 aromatic carbocycles. The van der Waals surface area contributed by atoms with Gasteiger partial charge in [0.2, 0.25) is 0 Å². The number of hydrogen-bond acceptors (Lipinski definition) is 3. The van der Waals surface area contributed by atoms with Crippen molar-refractivity contribution in [2.45, 2.75) is 38.9 Å². The van der Waals surface area contributed by atoms with Gasteiger partial charge in [0.1, 0.15) is 11.6 Å². The van der Waals surface area contributed by atoms with Gasteiger partial charge in [0.25, 0.3) is 0 Å². The monoisotopic (exact) mass is 271 g/mol. The third-order valence-corrected chi connectivity index (χ3v) is 3.69. The molecule has 0 fully saturated rings. The highest BCUT2D eigenvalue weighted by Gasteiger charge is 2.24. The summed E-state index contributed by atoms with van der Waals surface area (Å²) >= 11 is 0. The molecule has 3 rings (SSSR count). The summed E-state index contributed by atoms with van der Waals surface area (Å²) in [5, 5.41) is 3.42. The van der Waals surface area contributed by atoms with E-state index in [4.69, 9.17) is 4.74 Å². The first-order valence-electron chi connectivity index (χ1n) is 7.19. The summed E-state index contributed by atoms with van der Waals surface area (Å²) in [5.41, 5.74) is 1.31. The molecule has 1 aromatic heterocycles. The van der Waals surface area contributed by atoms with Crippen LogP contribution in [0.25, 0.3) is 0 Å². The lowest BCUT2D eigenvalue weighted by atomic mass is 10.0. The summed E-state index contributed by atoms with van der Waals surface area (Å²) in [5.74, 6) is 2.53. The van der Waals surface area contributed by atoms with Crippen molar-refractivity contribution >= 4 is 0 Å². The van der Waals surface area contributed by atoms with E-state index < -0.39 is 0 Å². The van der Waals surface area contributed by atoms with Crippen LogP contribution in [0.2, 0.25) is 0 Å². The van der Waals surface area contributed by atoms with Gasteiger partial charge >= 0.3 is 0 Å². The van der Waals surface area contributed by atoms with Crippen molar-refractivity contribution in [2.24, 2.45) is 0 Å². The summed E-state index contributed by atoms with van der Waals surface area (Å²) in [6, 6.07) is 8.78. The van der Waals surface area contributed by atoms with Gasteiger partial charge in [-0.2, -0.15) is 0 Å². The standard InChI is InChI=1S/C16H21N3O/c1-12(2)18-9-16-17-7-8-19(16)10-13-11-20-15-6-4-3-5-14(13)15/h3-8,12-13,18H,9-11H2,1-2H3. The van der Waals surface area contributed by atoms with Crippen molar-refractivity contribution in [2.75, 3.05) is 6.61 Å². The van der Waals surface area contributed by atoms with E-state index in [9.17, 15) is 0 Å². The fourth-order valence-electron chi connectivity index (χ4n) is 2.59. The summed E-state index contributed by atoms with van der Waals surface area (Å²) in [6.07, 6.45) is 3.93. The molecule has 1 unspecified atom stereocenters. The van der Waals surface area contributed by atoms with Gasteiger partial charge in [-0.05, 0) is 6.07 Å². The largest absolute Gasteiger partial charge is 0.493 e. The molecule has 4 heteroatoms. The molecule has 4 nitrogen and oxygen atoms in total. The zero-order chi connectivity index (χ0) is 13.9. The highest BCUT2D eigenvalue weighted by Crippen LogP contribution is 2.34. The van der Waals surface area contributed by atoms with Crippen molar-refractivity contribution < 1.29 is 4.74 Å². The molecule has 1 atom stereocenters. The Morgan fingerprint density at radius 3 is 3.10 bits per heavy atom. The highest BCUT2D eigenvalue weighted by molar-refractivity contribution is 5.39. The number of fused-ring (bicyclic) bond motifs is 1. The quantitative estimate of drug-likeness (QED) is 0.908. The van der Waals surface area contributed by atoms with E-state index in [1.54, 1.807) is 0 Å². The number of rotatable bonds is 5. The van der Waals surface area contributed by atoms with Crippen LogP contribution >= 0.6 is 0 Å². The third-order valence-electron chi connectivity index (χ3n) is 3.69. The van der Waals surface area contributed by atoms with Crippen molar-refractivity contribution in [1.82, 2.24) is 14.9 Å². The average Bonchev–Trinajstić information content (AvgIpc) is 3.05. The number of imidazole rings is 1. The fraction of sp³-hybridized carbons (Fsp3) is 0.438. The number of aromatic nitrogens is 2. The molecule has 106 valence electrons. The number of ether oxygens (including phenoxy) is 1. The molecular formula is C16H21N3O. The Hall–Kier alpha value is -1.81. The number of benzene rings is 1. The molecule has 1 N–H and O–H groups in total. The number of hydrogen-bond donors (Lipinski definition) is 1. The summed E-state index contributed by atoms with van der Waals surface area (Å²) in [6.45, 7) is 6.78. The number of nitrogens with one attached hydrogen (secondary N) is 1. The molecule has 2 heterocycles. The Balaban J connectivity index is 1.72. The van der Waals surface area contributed by atoms with Gasteiger partial charge in [0.05, 0.1) is 13.2 Å². The van der Waals surface area contributed by atoms with Crippen LogP contribution in [0.5, 0.6) is 5.75 Å². The van der Waals surface area contributed by atoms with Crippen molar-refractivity contribution in [1.29, 1.82) is 0 Å². The average molecular weight is 271 g/mol. The minimum absolute atomic E-state index is 0.415. The van der Waals surface area contributed by atoms with E-state index in [1.165, 1.54) is 5.56 Å².